The lowest BCUT2D eigenvalue weighted by Crippen LogP contribution is -2.04. The Morgan fingerprint density at radius 1 is 1.14 bits per heavy atom. The van der Waals surface area contributed by atoms with Crippen LogP contribution in [0.15, 0.2) is 60.3 Å². The van der Waals surface area contributed by atoms with Gasteiger partial charge in [0.05, 0.1) is 29.5 Å². The first-order valence-corrected chi connectivity index (χ1v) is 11.7. The van der Waals surface area contributed by atoms with E-state index < -0.39 is 0 Å². The van der Waals surface area contributed by atoms with Gasteiger partial charge in [0.1, 0.15) is 18.0 Å². The van der Waals surface area contributed by atoms with Crippen molar-refractivity contribution in [2.45, 2.75) is 20.4 Å². The van der Waals surface area contributed by atoms with Crippen LogP contribution < -0.4 is 5.73 Å². The molecule has 1 aliphatic rings. The molecule has 0 amide bonds. The molecule has 37 heavy (non-hydrogen) atoms. The van der Waals surface area contributed by atoms with E-state index in [4.69, 9.17) is 10.5 Å². The third-order valence-corrected chi connectivity index (χ3v) is 6.80. The van der Waals surface area contributed by atoms with Gasteiger partial charge in [-0.1, -0.05) is 30.3 Å². The number of hydrogen-bond acceptors (Lipinski definition) is 6. The quantitative estimate of drug-likeness (QED) is 0.382. The predicted octanol–water partition coefficient (Wildman–Crippen LogP) is 5.48. The number of benzene rings is 2. The molecule has 7 nitrogen and oxygen atoms in total. The number of anilines is 1. The van der Waals surface area contributed by atoms with E-state index in [2.05, 4.69) is 40.0 Å². The zero-order valence-corrected chi connectivity index (χ0v) is 20.7. The highest BCUT2D eigenvalue weighted by Crippen LogP contribution is 2.44. The average Bonchev–Trinajstić information content (AvgIpc) is 3.38. The first kappa shape index (κ1) is 23.6. The van der Waals surface area contributed by atoms with Crippen LogP contribution in [-0.2, 0) is 11.3 Å². The molecular formula is C30H23N5O2. The fourth-order valence-electron chi connectivity index (χ4n) is 4.98. The van der Waals surface area contributed by atoms with Gasteiger partial charge in [0, 0.05) is 34.8 Å². The van der Waals surface area contributed by atoms with Gasteiger partial charge in [-0.2, -0.15) is 10.5 Å². The fraction of sp³-hybridized carbons (Fsp3) is 0.133. The van der Waals surface area contributed by atoms with Crippen molar-refractivity contribution in [1.29, 1.82) is 10.5 Å². The van der Waals surface area contributed by atoms with E-state index in [9.17, 15) is 15.3 Å². The van der Waals surface area contributed by atoms with E-state index in [1.807, 2.05) is 50.3 Å². The van der Waals surface area contributed by atoms with Crippen molar-refractivity contribution in [1.82, 2.24) is 9.55 Å². The van der Waals surface area contributed by atoms with Crippen LogP contribution in [0.4, 0.5) is 5.82 Å². The van der Waals surface area contributed by atoms with E-state index in [0.717, 1.165) is 38.7 Å². The van der Waals surface area contributed by atoms with Crippen LogP contribution in [0.3, 0.4) is 0 Å². The summed E-state index contributed by atoms with van der Waals surface area (Å²) in [7, 11) is 1.37. The summed E-state index contributed by atoms with van der Waals surface area (Å²) in [5.74, 6) is -0.243. The summed E-state index contributed by atoms with van der Waals surface area (Å²) in [6.07, 6.45) is 4.11. The maximum atomic E-state index is 12.0. The number of fused-ring (bicyclic) bond motifs is 2. The molecule has 0 spiro atoms. The van der Waals surface area contributed by atoms with Crippen molar-refractivity contribution in [3.8, 4) is 12.1 Å². The molecule has 2 aromatic carbocycles. The summed E-state index contributed by atoms with van der Waals surface area (Å²) in [6.45, 7) is 4.29. The van der Waals surface area contributed by atoms with Crippen LogP contribution in [0, 0.1) is 29.6 Å². The second-order valence-corrected chi connectivity index (χ2v) is 8.92. The number of para-hydroxylation sites is 1. The van der Waals surface area contributed by atoms with Crippen molar-refractivity contribution in [2.75, 3.05) is 12.8 Å². The van der Waals surface area contributed by atoms with E-state index in [1.165, 1.54) is 7.11 Å². The number of allylic oxidation sites excluding steroid dienone is 3. The number of aromatic nitrogens is 2. The van der Waals surface area contributed by atoms with Crippen molar-refractivity contribution in [3.63, 3.8) is 0 Å². The molecule has 0 bridgehead atoms. The molecule has 180 valence electrons. The van der Waals surface area contributed by atoms with Gasteiger partial charge in [0.15, 0.2) is 0 Å². The Morgan fingerprint density at radius 2 is 1.92 bits per heavy atom. The predicted molar refractivity (Wildman–Crippen MR) is 143 cm³/mol. The molecular weight excluding hydrogens is 462 g/mol. The van der Waals surface area contributed by atoms with Gasteiger partial charge in [-0.3, -0.25) is 0 Å². The summed E-state index contributed by atoms with van der Waals surface area (Å²) in [4.78, 5) is 16.4. The number of nitrogens with zero attached hydrogens (tertiary/aromatic N) is 4. The molecule has 0 aliphatic heterocycles. The molecule has 2 N–H and O–H groups in total. The summed E-state index contributed by atoms with van der Waals surface area (Å²) < 4.78 is 7.00. The van der Waals surface area contributed by atoms with Crippen molar-refractivity contribution in [3.05, 3.63) is 99.4 Å². The van der Waals surface area contributed by atoms with Crippen LogP contribution in [0.25, 0.3) is 28.1 Å². The molecule has 0 atom stereocenters. The number of nitrogens with two attached hydrogens (primary N) is 1. The lowest BCUT2D eigenvalue weighted by molar-refractivity contribution is 0.0600. The smallest absolute Gasteiger partial charge is 0.337 e. The molecule has 4 aromatic rings. The van der Waals surface area contributed by atoms with Crippen LogP contribution >= 0.6 is 0 Å². The maximum Gasteiger partial charge on any atom is 0.337 e. The molecule has 1 aliphatic carbocycles. The molecule has 0 unspecified atom stereocenters. The van der Waals surface area contributed by atoms with Crippen LogP contribution in [0.1, 0.15) is 50.8 Å². The Morgan fingerprint density at radius 3 is 2.65 bits per heavy atom. The normalized spacial score (nSPS) is 13.5. The van der Waals surface area contributed by atoms with Gasteiger partial charge in [-0.05, 0) is 60.4 Å². The molecule has 7 heteroatoms. The zero-order valence-electron chi connectivity index (χ0n) is 20.7. The van der Waals surface area contributed by atoms with Crippen LogP contribution in [0.5, 0.6) is 0 Å². The Labute approximate surface area is 214 Å². The van der Waals surface area contributed by atoms with Crippen molar-refractivity contribution in [2.24, 2.45) is 0 Å². The van der Waals surface area contributed by atoms with Gasteiger partial charge in [0.25, 0.3) is 0 Å². The first-order chi connectivity index (χ1) is 17.9. The number of nitriles is 2. The minimum absolute atomic E-state index is 0.131. The Bertz CT molecular complexity index is 1760. The van der Waals surface area contributed by atoms with Crippen LogP contribution in [-0.4, -0.2) is 22.6 Å². The number of rotatable bonds is 4. The monoisotopic (exact) mass is 485 g/mol. The van der Waals surface area contributed by atoms with Crippen molar-refractivity contribution >= 4 is 39.9 Å². The largest absolute Gasteiger partial charge is 0.465 e. The molecule has 5 rings (SSSR count). The molecule has 0 saturated heterocycles. The topological polar surface area (TPSA) is 118 Å². The highest BCUT2D eigenvalue weighted by atomic mass is 16.5. The molecule has 0 radical (unpaired) electrons. The number of pyridine rings is 1. The van der Waals surface area contributed by atoms with Gasteiger partial charge < -0.3 is 15.0 Å². The second-order valence-electron chi connectivity index (χ2n) is 8.92. The maximum absolute atomic E-state index is 12.0. The average molecular weight is 486 g/mol. The van der Waals surface area contributed by atoms with Gasteiger partial charge in [-0.15, -0.1) is 0 Å². The van der Waals surface area contributed by atoms with Gasteiger partial charge >= 0.3 is 5.97 Å². The van der Waals surface area contributed by atoms with E-state index in [1.54, 1.807) is 6.07 Å². The number of methoxy groups -OCH3 is 1. The van der Waals surface area contributed by atoms with E-state index in [-0.39, 0.29) is 11.8 Å². The second kappa shape index (κ2) is 9.14. The third-order valence-electron chi connectivity index (χ3n) is 6.80. The number of hydrogen-bond donors (Lipinski definition) is 1. The molecule has 0 fully saturated rings. The zero-order chi connectivity index (χ0) is 26.3. The Hall–Kier alpha value is -5.14. The van der Waals surface area contributed by atoms with E-state index in [0.29, 0.717) is 34.5 Å². The lowest BCUT2D eigenvalue weighted by atomic mass is 9.95. The molecule has 2 heterocycles. The standard InChI is InChI=1S/C30H23N5O2/c1-17-23(27-18(2)25(14-32)29(33)34-28(27)24(17)13-31)12-21-16-35(26-10-5-4-9-22(21)26)15-19-7-6-8-20(11-19)30(36)37-3/h4-12,16H,15H2,1-3H3,(H2,33,34)/b23-12-. The molecule has 0 saturated carbocycles. The number of ether oxygens (including phenoxy) is 1. The number of carbonyl (C=O) groups excluding carboxylic acids is 1. The summed E-state index contributed by atoms with van der Waals surface area (Å²) in [6, 6.07) is 19.9. The SMILES string of the molecule is COC(=O)c1cccc(Cn2cc(/C=C3/C(C)=C(C#N)c4nc(N)c(C#N)c(C)c43)c3ccccc32)c1. The van der Waals surface area contributed by atoms with Gasteiger partial charge in [-0.25, -0.2) is 9.78 Å². The number of nitrogen functional groups attached to an aromatic ring is 1. The summed E-state index contributed by atoms with van der Waals surface area (Å²) >= 11 is 0. The minimum Gasteiger partial charge on any atom is -0.465 e. The highest BCUT2D eigenvalue weighted by molar-refractivity contribution is 6.10. The van der Waals surface area contributed by atoms with Gasteiger partial charge in [0.2, 0.25) is 0 Å². The highest BCUT2D eigenvalue weighted by Gasteiger charge is 2.30. The Balaban J connectivity index is 1.67. The van der Waals surface area contributed by atoms with Crippen LogP contribution in [0.2, 0.25) is 0 Å². The van der Waals surface area contributed by atoms with Crippen molar-refractivity contribution < 1.29 is 9.53 Å². The lowest BCUT2D eigenvalue weighted by Gasteiger charge is -2.10. The Kier molecular flexibility index (Phi) is 5.83. The first-order valence-electron chi connectivity index (χ1n) is 11.7. The number of carbonyl (C=O) groups is 1. The summed E-state index contributed by atoms with van der Waals surface area (Å²) in [5, 5.41) is 20.6. The third kappa shape index (κ3) is 3.84. The summed E-state index contributed by atoms with van der Waals surface area (Å²) in [5.41, 5.74) is 13.9. The minimum atomic E-state index is -0.374. The van der Waals surface area contributed by atoms with E-state index >= 15 is 0 Å². The fourth-order valence-corrected chi connectivity index (χ4v) is 4.98. The molecule has 2 aromatic heterocycles. The number of esters is 1.